The van der Waals surface area contributed by atoms with Crippen molar-refractivity contribution in [3.8, 4) is 11.8 Å². The van der Waals surface area contributed by atoms with Crippen molar-refractivity contribution in [2.75, 3.05) is 19.1 Å². The summed E-state index contributed by atoms with van der Waals surface area (Å²) in [5, 5.41) is 8.82. The van der Waals surface area contributed by atoms with E-state index in [4.69, 9.17) is 10.00 Å². The molecule has 0 aliphatic carbocycles. The van der Waals surface area contributed by atoms with E-state index in [0.29, 0.717) is 0 Å². The van der Waals surface area contributed by atoms with Crippen LogP contribution in [0.5, 0.6) is 5.75 Å². The fraction of sp³-hybridized carbons (Fsp3) is 0.417. The average molecular weight is 204 g/mol. The lowest BCUT2D eigenvalue weighted by atomic mass is 10.1. The Hall–Kier alpha value is -1.69. The van der Waals surface area contributed by atoms with Gasteiger partial charge in [0.1, 0.15) is 11.8 Å². The monoisotopic (exact) mass is 204 g/mol. The van der Waals surface area contributed by atoms with Crippen molar-refractivity contribution in [2.45, 2.75) is 19.9 Å². The molecule has 0 aliphatic heterocycles. The second kappa shape index (κ2) is 4.70. The Balaban J connectivity index is 2.98. The number of anilines is 1. The van der Waals surface area contributed by atoms with Gasteiger partial charge in [-0.1, -0.05) is 0 Å². The number of nitriles is 1. The molecule has 1 aromatic carbocycles. The summed E-state index contributed by atoms with van der Waals surface area (Å²) in [4.78, 5) is 1.94. The Kier molecular flexibility index (Phi) is 3.56. The molecule has 0 heterocycles. The fourth-order valence-corrected chi connectivity index (χ4v) is 1.39. The first-order chi connectivity index (χ1) is 7.10. The van der Waals surface area contributed by atoms with Gasteiger partial charge in [-0.15, -0.1) is 0 Å². The fourth-order valence-electron chi connectivity index (χ4n) is 1.39. The third-order valence-electron chi connectivity index (χ3n) is 2.55. The van der Waals surface area contributed by atoms with Gasteiger partial charge in [-0.2, -0.15) is 5.26 Å². The summed E-state index contributed by atoms with van der Waals surface area (Å²) in [6.45, 7) is 3.87. The first-order valence-electron chi connectivity index (χ1n) is 4.87. The maximum absolute atomic E-state index is 8.82. The Morgan fingerprint density at radius 2 is 2.13 bits per heavy atom. The normalized spacial score (nSPS) is 11.7. The maximum Gasteiger partial charge on any atom is 0.121 e. The van der Waals surface area contributed by atoms with E-state index >= 15 is 0 Å². The van der Waals surface area contributed by atoms with Crippen LogP contribution in [0.25, 0.3) is 0 Å². The molecule has 0 aromatic heterocycles. The Bertz CT molecular complexity index is 382. The molecule has 1 unspecified atom stereocenters. The summed E-state index contributed by atoms with van der Waals surface area (Å²) in [6, 6.07) is 7.98. The lowest BCUT2D eigenvalue weighted by Crippen LogP contribution is -2.27. The minimum atomic E-state index is -0.127. The van der Waals surface area contributed by atoms with Gasteiger partial charge in [-0.05, 0) is 37.6 Å². The van der Waals surface area contributed by atoms with Gasteiger partial charge in [0.15, 0.2) is 0 Å². The summed E-state index contributed by atoms with van der Waals surface area (Å²) in [7, 11) is 3.57. The van der Waals surface area contributed by atoms with Gasteiger partial charge in [-0.25, -0.2) is 0 Å². The van der Waals surface area contributed by atoms with Crippen molar-refractivity contribution < 1.29 is 4.74 Å². The van der Waals surface area contributed by atoms with Crippen molar-refractivity contribution in [2.24, 2.45) is 0 Å². The number of rotatable bonds is 3. The van der Waals surface area contributed by atoms with Crippen LogP contribution >= 0.6 is 0 Å². The average Bonchev–Trinajstić information content (AvgIpc) is 2.26. The van der Waals surface area contributed by atoms with Crippen LogP contribution in [0.2, 0.25) is 0 Å². The summed E-state index contributed by atoms with van der Waals surface area (Å²) in [6.07, 6.45) is 0. The van der Waals surface area contributed by atoms with Crippen molar-refractivity contribution >= 4 is 5.69 Å². The van der Waals surface area contributed by atoms with E-state index in [2.05, 4.69) is 6.07 Å². The number of hydrogen-bond acceptors (Lipinski definition) is 3. The van der Waals surface area contributed by atoms with Gasteiger partial charge in [-0.3, -0.25) is 0 Å². The topological polar surface area (TPSA) is 36.3 Å². The summed E-state index contributed by atoms with van der Waals surface area (Å²) in [5.74, 6) is 0.872. The lowest BCUT2D eigenvalue weighted by Gasteiger charge is -2.22. The first kappa shape index (κ1) is 11.4. The van der Waals surface area contributed by atoms with Gasteiger partial charge < -0.3 is 9.64 Å². The molecular formula is C12H16N2O. The van der Waals surface area contributed by atoms with Crippen LogP contribution in [0.1, 0.15) is 12.5 Å². The van der Waals surface area contributed by atoms with Crippen molar-refractivity contribution in [3.63, 3.8) is 0 Å². The zero-order valence-electron chi connectivity index (χ0n) is 9.61. The van der Waals surface area contributed by atoms with Crippen molar-refractivity contribution in [1.82, 2.24) is 0 Å². The molecule has 15 heavy (non-hydrogen) atoms. The molecule has 3 nitrogen and oxygen atoms in total. The minimum absolute atomic E-state index is 0.127. The molecule has 0 bridgehead atoms. The van der Waals surface area contributed by atoms with E-state index in [1.807, 2.05) is 44.0 Å². The molecule has 0 saturated carbocycles. The third kappa shape index (κ3) is 2.41. The molecule has 1 aromatic rings. The molecule has 1 rings (SSSR count). The van der Waals surface area contributed by atoms with Crippen molar-refractivity contribution in [1.29, 1.82) is 5.26 Å². The summed E-state index contributed by atoms with van der Waals surface area (Å²) in [5.41, 5.74) is 2.11. The molecule has 3 heteroatoms. The predicted octanol–water partition coefficient (Wildman–Crippen LogP) is 2.35. The molecule has 0 saturated heterocycles. The van der Waals surface area contributed by atoms with Crippen LogP contribution in [-0.4, -0.2) is 20.2 Å². The lowest BCUT2D eigenvalue weighted by molar-refractivity contribution is 0.411. The highest BCUT2D eigenvalue weighted by atomic mass is 16.5. The molecule has 0 radical (unpaired) electrons. The number of hydrogen-bond donors (Lipinski definition) is 0. The zero-order valence-corrected chi connectivity index (χ0v) is 9.61. The second-order valence-electron chi connectivity index (χ2n) is 3.57. The quantitative estimate of drug-likeness (QED) is 0.758. The van der Waals surface area contributed by atoms with Gasteiger partial charge in [0.2, 0.25) is 0 Å². The Morgan fingerprint density at radius 1 is 1.47 bits per heavy atom. The van der Waals surface area contributed by atoms with E-state index in [1.165, 1.54) is 0 Å². The van der Waals surface area contributed by atoms with Gasteiger partial charge in [0.05, 0.1) is 13.2 Å². The summed E-state index contributed by atoms with van der Waals surface area (Å²) >= 11 is 0. The van der Waals surface area contributed by atoms with Crippen molar-refractivity contribution in [3.05, 3.63) is 23.8 Å². The zero-order chi connectivity index (χ0) is 11.4. The molecular weight excluding hydrogens is 188 g/mol. The minimum Gasteiger partial charge on any atom is -0.496 e. The van der Waals surface area contributed by atoms with E-state index in [1.54, 1.807) is 7.11 Å². The third-order valence-corrected chi connectivity index (χ3v) is 2.55. The highest BCUT2D eigenvalue weighted by molar-refractivity contribution is 5.53. The molecule has 1 atom stereocenters. The standard InChI is InChI=1S/C12H16N2O/c1-9-7-11(5-6-12(9)15-4)14(3)10(2)8-13/h5-7,10H,1-4H3. The van der Waals surface area contributed by atoms with E-state index < -0.39 is 0 Å². The van der Waals surface area contributed by atoms with Crippen LogP contribution < -0.4 is 9.64 Å². The molecule has 0 amide bonds. The van der Waals surface area contributed by atoms with Crippen LogP contribution in [0.15, 0.2) is 18.2 Å². The van der Waals surface area contributed by atoms with Gasteiger partial charge in [0.25, 0.3) is 0 Å². The van der Waals surface area contributed by atoms with E-state index in [0.717, 1.165) is 17.0 Å². The molecule has 0 fully saturated rings. The van der Waals surface area contributed by atoms with Crippen LogP contribution in [0.3, 0.4) is 0 Å². The number of nitrogens with zero attached hydrogens (tertiary/aromatic N) is 2. The van der Waals surface area contributed by atoms with Crippen LogP contribution in [0.4, 0.5) is 5.69 Å². The number of aryl methyl sites for hydroxylation is 1. The number of ether oxygens (including phenoxy) is 1. The smallest absolute Gasteiger partial charge is 0.121 e. The molecule has 0 aliphatic rings. The number of methoxy groups -OCH3 is 1. The summed E-state index contributed by atoms with van der Waals surface area (Å²) < 4.78 is 5.18. The van der Waals surface area contributed by atoms with Crippen LogP contribution in [0, 0.1) is 18.3 Å². The largest absolute Gasteiger partial charge is 0.496 e. The highest BCUT2D eigenvalue weighted by Gasteiger charge is 2.09. The van der Waals surface area contributed by atoms with E-state index in [9.17, 15) is 0 Å². The van der Waals surface area contributed by atoms with Crippen LogP contribution in [-0.2, 0) is 0 Å². The highest BCUT2D eigenvalue weighted by Crippen LogP contribution is 2.24. The van der Waals surface area contributed by atoms with E-state index in [-0.39, 0.29) is 6.04 Å². The Morgan fingerprint density at radius 3 is 2.60 bits per heavy atom. The SMILES string of the molecule is COc1ccc(N(C)C(C)C#N)cc1C. The molecule has 0 spiro atoms. The second-order valence-corrected chi connectivity index (χ2v) is 3.57. The van der Waals surface area contributed by atoms with Gasteiger partial charge in [0, 0.05) is 12.7 Å². The first-order valence-corrected chi connectivity index (χ1v) is 4.87. The maximum atomic E-state index is 8.82. The Labute approximate surface area is 90.9 Å². The predicted molar refractivity (Wildman–Crippen MR) is 61.2 cm³/mol. The van der Waals surface area contributed by atoms with Gasteiger partial charge >= 0.3 is 0 Å². The number of benzene rings is 1. The molecule has 0 N–H and O–H groups in total. The molecule has 80 valence electrons.